The lowest BCUT2D eigenvalue weighted by atomic mass is 10.00. The fourth-order valence-corrected chi connectivity index (χ4v) is 5.02. The summed E-state index contributed by atoms with van der Waals surface area (Å²) in [5, 5.41) is 13.6. The summed E-state index contributed by atoms with van der Waals surface area (Å²) >= 11 is 1.54. The minimum atomic E-state index is -0.532. The number of nitrogens with one attached hydrogen (secondary N) is 1. The number of nitro groups is 1. The minimum absolute atomic E-state index is 0.0455. The summed E-state index contributed by atoms with van der Waals surface area (Å²) in [6.07, 6.45) is 0. The molecule has 0 spiro atoms. The third-order valence-corrected chi connectivity index (χ3v) is 6.65. The lowest BCUT2D eigenvalue weighted by Gasteiger charge is -2.28. The first-order chi connectivity index (χ1) is 15.8. The van der Waals surface area contributed by atoms with Crippen molar-refractivity contribution >= 4 is 40.6 Å². The van der Waals surface area contributed by atoms with Gasteiger partial charge in [0.05, 0.1) is 10.7 Å². The Morgan fingerprint density at radius 3 is 2.61 bits per heavy atom. The average molecular weight is 462 g/mol. The van der Waals surface area contributed by atoms with Crippen LogP contribution < -0.4 is 10.2 Å². The number of carbonyl (C=O) groups is 2. The summed E-state index contributed by atoms with van der Waals surface area (Å²) in [6, 6.07) is 20.9. The summed E-state index contributed by atoms with van der Waals surface area (Å²) < 4.78 is 0. The molecule has 3 aromatic carbocycles. The number of para-hydroxylation sites is 1. The van der Waals surface area contributed by atoms with Crippen molar-refractivity contribution in [3.05, 3.63) is 99.6 Å². The standard InChI is InChI=1S/C25H23N3O4S/c1-16(2)21-11-3-4-12-22(21)27-23(29)15-33-25(27)18-8-5-9-19(13-18)26-24(30)17-7-6-10-20(14-17)28(31)32/h3-14,16,25H,15H2,1-2H3,(H,26,30)/t25-/m1/s1. The Hall–Kier alpha value is -3.65. The van der Waals surface area contributed by atoms with Crippen LogP contribution in [0.4, 0.5) is 17.1 Å². The molecule has 168 valence electrons. The van der Waals surface area contributed by atoms with E-state index in [1.807, 2.05) is 47.4 Å². The van der Waals surface area contributed by atoms with Crippen molar-refractivity contribution in [1.29, 1.82) is 0 Å². The molecule has 1 aliphatic rings. The number of amides is 2. The molecule has 0 bridgehead atoms. The Labute approximate surface area is 196 Å². The molecule has 1 N–H and O–H groups in total. The van der Waals surface area contributed by atoms with Gasteiger partial charge in [0.25, 0.3) is 11.6 Å². The summed E-state index contributed by atoms with van der Waals surface area (Å²) in [5.41, 5.74) is 3.51. The van der Waals surface area contributed by atoms with Crippen LogP contribution in [0.3, 0.4) is 0 Å². The number of thioether (sulfide) groups is 1. The van der Waals surface area contributed by atoms with Crippen LogP contribution in [0.2, 0.25) is 0 Å². The van der Waals surface area contributed by atoms with Crippen LogP contribution in [0.15, 0.2) is 72.8 Å². The number of rotatable bonds is 6. The van der Waals surface area contributed by atoms with Crippen LogP contribution >= 0.6 is 11.8 Å². The summed E-state index contributed by atoms with van der Waals surface area (Å²) in [7, 11) is 0. The molecule has 1 atom stereocenters. The quantitative estimate of drug-likeness (QED) is 0.373. The number of anilines is 2. The van der Waals surface area contributed by atoms with E-state index in [9.17, 15) is 19.7 Å². The normalized spacial score (nSPS) is 15.7. The maximum Gasteiger partial charge on any atom is 0.270 e. The van der Waals surface area contributed by atoms with Crippen LogP contribution in [-0.4, -0.2) is 22.5 Å². The molecule has 0 unspecified atom stereocenters. The van der Waals surface area contributed by atoms with Gasteiger partial charge in [-0.2, -0.15) is 0 Å². The minimum Gasteiger partial charge on any atom is -0.322 e. The molecular weight excluding hydrogens is 438 g/mol. The SMILES string of the molecule is CC(C)c1ccccc1N1C(=O)CS[C@@H]1c1cccc(NC(=O)c2cccc([N+](=O)[O-])c2)c1. The number of hydrogen-bond donors (Lipinski definition) is 1. The highest BCUT2D eigenvalue weighted by atomic mass is 32.2. The Balaban J connectivity index is 1.61. The molecule has 8 heteroatoms. The van der Waals surface area contributed by atoms with Gasteiger partial charge >= 0.3 is 0 Å². The van der Waals surface area contributed by atoms with Gasteiger partial charge in [-0.15, -0.1) is 11.8 Å². The molecule has 4 rings (SSSR count). The Kier molecular flexibility index (Phi) is 6.46. The molecule has 1 saturated heterocycles. The van der Waals surface area contributed by atoms with Gasteiger partial charge < -0.3 is 5.32 Å². The van der Waals surface area contributed by atoms with E-state index in [0.717, 1.165) is 16.8 Å². The summed E-state index contributed by atoms with van der Waals surface area (Å²) in [5.74, 6) is 0.249. The second-order valence-corrected chi connectivity index (χ2v) is 9.10. The second-order valence-electron chi connectivity index (χ2n) is 8.03. The van der Waals surface area contributed by atoms with E-state index < -0.39 is 10.8 Å². The molecule has 33 heavy (non-hydrogen) atoms. The fraction of sp³-hybridized carbons (Fsp3) is 0.200. The van der Waals surface area contributed by atoms with Gasteiger partial charge in [-0.25, -0.2) is 0 Å². The van der Waals surface area contributed by atoms with Gasteiger partial charge in [-0.3, -0.25) is 24.6 Å². The molecule has 0 radical (unpaired) electrons. The molecule has 0 aliphatic carbocycles. The second kappa shape index (κ2) is 9.46. The predicted octanol–water partition coefficient (Wildman–Crippen LogP) is 5.75. The van der Waals surface area contributed by atoms with E-state index in [0.29, 0.717) is 11.4 Å². The molecule has 0 aromatic heterocycles. The maximum absolute atomic E-state index is 12.8. The van der Waals surface area contributed by atoms with E-state index in [2.05, 4.69) is 19.2 Å². The van der Waals surface area contributed by atoms with Crippen LogP contribution in [-0.2, 0) is 4.79 Å². The van der Waals surface area contributed by atoms with E-state index in [1.165, 1.54) is 24.3 Å². The van der Waals surface area contributed by atoms with Crippen molar-refractivity contribution in [2.45, 2.75) is 25.1 Å². The molecule has 7 nitrogen and oxygen atoms in total. The summed E-state index contributed by atoms with van der Waals surface area (Å²) in [4.78, 5) is 37.8. The van der Waals surface area contributed by atoms with E-state index >= 15 is 0 Å². The smallest absolute Gasteiger partial charge is 0.270 e. The predicted molar refractivity (Wildman–Crippen MR) is 131 cm³/mol. The van der Waals surface area contributed by atoms with Crippen LogP contribution in [0, 0.1) is 10.1 Å². The van der Waals surface area contributed by atoms with Crippen molar-refractivity contribution in [1.82, 2.24) is 0 Å². The molecule has 2 amide bonds. The molecule has 1 aliphatic heterocycles. The van der Waals surface area contributed by atoms with Crippen molar-refractivity contribution in [2.24, 2.45) is 0 Å². The van der Waals surface area contributed by atoms with Gasteiger partial charge in [0.2, 0.25) is 5.91 Å². The number of nitro benzene ring substituents is 1. The lowest BCUT2D eigenvalue weighted by Crippen LogP contribution is -2.29. The van der Waals surface area contributed by atoms with Crippen molar-refractivity contribution in [3.8, 4) is 0 Å². The van der Waals surface area contributed by atoms with Crippen LogP contribution in [0.1, 0.15) is 46.6 Å². The van der Waals surface area contributed by atoms with E-state index in [1.54, 1.807) is 17.8 Å². The number of carbonyl (C=O) groups excluding carboxylic acids is 2. The van der Waals surface area contributed by atoms with Gasteiger partial charge in [-0.1, -0.05) is 50.2 Å². The molecule has 3 aromatic rings. The highest BCUT2D eigenvalue weighted by Gasteiger charge is 2.35. The van der Waals surface area contributed by atoms with E-state index in [-0.39, 0.29) is 28.4 Å². The van der Waals surface area contributed by atoms with Gasteiger partial charge in [0.1, 0.15) is 5.37 Å². The van der Waals surface area contributed by atoms with Gasteiger partial charge in [0, 0.05) is 29.1 Å². The third-order valence-electron chi connectivity index (χ3n) is 5.43. The van der Waals surface area contributed by atoms with E-state index in [4.69, 9.17) is 0 Å². The lowest BCUT2D eigenvalue weighted by molar-refractivity contribution is -0.384. The fourth-order valence-electron chi connectivity index (χ4n) is 3.86. The number of nitrogens with zero attached hydrogens (tertiary/aromatic N) is 2. The third kappa shape index (κ3) is 4.75. The number of non-ortho nitro benzene ring substituents is 1. The molecule has 1 heterocycles. The van der Waals surface area contributed by atoms with Gasteiger partial charge in [0.15, 0.2) is 0 Å². The van der Waals surface area contributed by atoms with Crippen LogP contribution in [0.25, 0.3) is 0 Å². The maximum atomic E-state index is 12.8. The first-order valence-corrected chi connectivity index (χ1v) is 11.6. The zero-order valence-corrected chi connectivity index (χ0v) is 19.0. The topological polar surface area (TPSA) is 92.6 Å². The summed E-state index contributed by atoms with van der Waals surface area (Å²) in [6.45, 7) is 4.21. The zero-order chi connectivity index (χ0) is 23.5. The van der Waals surface area contributed by atoms with Crippen LogP contribution in [0.5, 0.6) is 0 Å². The van der Waals surface area contributed by atoms with Crippen molar-refractivity contribution in [3.63, 3.8) is 0 Å². The Bertz CT molecular complexity index is 1230. The van der Waals surface area contributed by atoms with Crippen molar-refractivity contribution in [2.75, 3.05) is 16.0 Å². The zero-order valence-electron chi connectivity index (χ0n) is 18.2. The number of benzene rings is 3. The molecule has 0 saturated carbocycles. The molecule has 1 fully saturated rings. The first kappa shape index (κ1) is 22.5. The number of hydrogen-bond acceptors (Lipinski definition) is 5. The first-order valence-electron chi connectivity index (χ1n) is 10.5. The highest BCUT2D eigenvalue weighted by molar-refractivity contribution is 8.00. The monoisotopic (exact) mass is 461 g/mol. The Morgan fingerprint density at radius 1 is 1.09 bits per heavy atom. The Morgan fingerprint density at radius 2 is 1.85 bits per heavy atom. The van der Waals surface area contributed by atoms with Gasteiger partial charge in [-0.05, 0) is 41.3 Å². The molecular formula is C25H23N3O4S. The van der Waals surface area contributed by atoms with Crippen molar-refractivity contribution < 1.29 is 14.5 Å². The largest absolute Gasteiger partial charge is 0.322 e. The average Bonchev–Trinajstić information content (AvgIpc) is 3.20. The highest BCUT2D eigenvalue weighted by Crippen LogP contribution is 2.44.